The van der Waals surface area contributed by atoms with Crippen LogP contribution in [0.1, 0.15) is 45.6 Å². The molecule has 0 saturated carbocycles. The molecule has 0 fully saturated rings. The average molecular weight is 262 g/mol. The summed E-state index contributed by atoms with van der Waals surface area (Å²) in [7, 11) is 2.02. The third-order valence-corrected chi connectivity index (χ3v) is 4.07. The summed E-state index contributed by atoms with van der Waals surface area (Å²) in [6.45, 7) is 11.2. The smallest absolute Gasteiger partial charge is 0.0340 e. The van der Waals surface area contributed by atoms with Gasteiger partial charge in [0.2, 0.25) is 0 Å². The normalized spacial score (nSPS) is 14.4. The Labute approximate surface area is 119 Å². The van der Waals surface area contributed by atoms with Crippen molar-refractivity contribution >= 4 is 5.69 Å². The molecular weight excluding hydrogens is 232 g/mol. The Morgan fingerprint density at radius 2 is 1.63 bits per heavy atom. The van der Waals surface area contributed by atoms with Crippen LogP contribution in [0.3, 0.4) is 0 Å². The van der Waals surface area contributed by atoms with E-state index in [0.717, 1.165) is 13.1 Å². The van der Waals surface area contributed by atoms with Crippen molar-refractivity contribution in [3.05, 3.63) is 29.8 Å². The molecule has 108 valence electrons. The molecule has 2 N–H and O–H groups in total. The number of rotatable bonds is 8. The summed E-state index contributed by atoms with van der Waals surface area (Å²) in [4.78, 5) is 0. The van der Waals surface area contributed by atoms with Gasteiger partial charge in [-0.3, -0.25) is 0 Å². The lowest BCUT2D eigenvalue weighted by atomic mass is 9.95. The van der Waals surface area contributed by atoms with E-state index in [4.69, 9.17) is 0 Å². The average Bonchev–Trinajstić information content (AvgIpc) is 2.42. The second-order valence-electron chi connectivity index (χ2n) is 5.87. The topological polar surface area (TPSA) is 24.1 Å². The monoisotopic (exact) mass is 262 g/mol. The first-order chi connectivity index (χ1) is 9.08. The van der Waals surface area contributed by atoms with Gasteiger partial charge in [0.1, 0.15) is 0 Å². The summed E-state index contributed by atoms with van der Waals surface area (Å²) < 4.78 is 0. The summed E-state index contributed by atoms with van der Waals surface area (Å²) in [6.07, 6.45) is 1.20. The van der Waals surface area contributed by atoms with Crippen LogP contribution in [0.4, 0.5) is 5.69 Å². The van der Waals surface area contributed by atoms with Crippen LogP contribution in [0.2, 0.25) is 0 Å². The molecular formula is C17H30N2. The van der Waals surface area contributed by atoms with Gasteiger partial charge in [-0.2, -0.15) is 0 Å². The molecule has 19 heavy (non-hydrogen) atoms. The number of nitrogens with one attached hydrogen (secondary N) is 2. The zero-order valence-electron chi connectivity index (χ0n) is 13.2. The highest BCUT2D eigenvalue weighted by molar-refractivity contribution is 5.45. The summed E-state index contributed by atoms with van der Waals surface area (Å²) in [5.41, 5.74) is 2.66. The Morgan fingerprint density at radius 1 is 1.00 bits per heavy atom. The maximum absolute atomic E-state index is 3.56. The van der Waals surface area contributed by atoms with E-state index in [1.54, 1.807) is 0 Å². The quantitative estimate of drug-likeness (QED) is 0.737. The van der Waals surface area contributed by atoms with Crippen molar-refractivity contribution in [3.63, 3.8) is 0 Å². The van der Waals surface area contributed by atoms with Crippen molar-refractivity contribution in [2.75, 3.05) is 25.5 Å². The van der Waals surface area contributed by atoms with Gasteiger partial charge in [-0.25, -0.2) is 0 Å². The van der Waals surface area contributed by atoms with Crippen LogP contribution in [0, 0.1) is 11.8 Å². The Hall–Kier alpha value is -1.02. The van der Waals surface area contributed by atoms with E-state index in [2.05, 4.69) is 62.6 Å². The van der Waals surface area contributed by atoms with Gasteiger partial charge in [0.15, 0.2) is 0 Å². The first kappa shape index (κ1) is 16.0. The third-order valence-electron chi connectivity index (χ3n) is 4.07. The van der Waals surface area contributed by atoms with Gasteiger partial charge in [-0.05, 0) is 55.5 Å². The molecule has 1 aromatic carbocycles. The molecule has 0 saturated heterocycles. The molecule has 0 spiro atoms. The molecule has 0 radical (unpaired) electrons. The van der Waals surface area contributed by atoms with Crippen molar-refractivity contribution < 1.29 is 0 Å². The van der Waals surface area contributed by atoms with E-state index in [-0.39, 0.29) is 0 Å². The van der Waals surface area contributed by atoms with Crippen LogP contribution in [0.5, 0.6) is 0 Å². The molecule has 2 unspecified atom stereocenters. The Balaban J connectivity index is 2.53. The van der Waals surface area contributed by atoms with Crippen LogP contribution in [-0.4, -0.2) is 20.1 Å². The van der Waals surface area contributed by atoms with E-state index in [9.17, 15) is 0 Å². The Morgan fingerprint density at radius 3 is 2.11 bits per heavy atom. The lowest BCUT2D eigenvalue weighted by Gasteiger charge is -2.21. The Bertz CT molecular complexity index is 343. The second kappa shape index (κ2) is 8.21. The predicted octanol–water partition coefficient (Wildman–Crippen LogP) is 4.10. The standard InChI is InChI=1S/C17H30N2/c1-6-14(4)15-7-9-17(10-8-15)19-12-16(11-18-5)13(2)3/h7-10,13-14,16,18-19H,6,11-12H2,1-5H3. The lowest BCUT2D eigenvalue weighted by Crippen LogP contribution is -2.29. The SMILES string of the molecule is CCC(C)c1ccc(NCC(CNC)C(C)C)cc1. The van der Waals surface area contributed by atoms with Crippen LogP contribution in [0.25, 0.3) is 0 Å². The molecule has 0 aliphatic carbocycles. The molecule has 2 nitrogen and oxygen atoms in total. The predicted molar refractivity (Wildman–Crippen MR) is 85.9 cm³/mol. The molecule has 0 aromatic heterocycles. The molecule has 1 rings (SSSR count). The highest BCUT2D eigenvalue weighted by Crippen LogP contribution is 2.21. The largest absolute Gasteiger partial charge is 0.385 e. The first-order valence-electron chi connectivity index (χ1n) is 7.56. The minimum absolute atomic E-state index is 0.654. The van der Waals surface area contributed by atoms with Crippen LogP contribution in [0.15, 0.2) is 24.3 Å². The van der Waals surface area contributed by atoms with Gasteiger partial charge >= 0.3 is 0 Å². The first-order valence-corrected chi connectivity index (χ1v) is 7.56. The molecule has 1 aromatic rings. The highest BCUT2D eigenvalue weighted by atomic mass is 14.9. The lowest BCUT2D eigenvalue weighted by molar-refractivity contribution is 0.390. The fraction of sp³-hybridized carbons (Fsp3) is 0.647. The van der Waals surface area contributed by atoms with E-state index < -0.39 is 0 Å². The van der Waals surface area contributed by atoms with E-state index in [0.29, 0.717) is 17.8 Å². The molecule has 0 bridgehead atoms. The second-order valence-corrected chi connectivity index (χ2v) is 5.87. The van der Waals surface area contributed by atoms with Crippen molar-refractivity contribution in [1.29, 1.82) is 0 Å². The van der Waals surface area contributed by atoms with Crippen molar-refractivity contribution in [1.82, 2.24) is 5.32 Å². The van der Waals surface area contributed by atoms with Gasteiger partial charge in [0, 0.05) is 12.2 Å². The minimum atomic E-state index is 0.654. The van der Waals surface area contributed by atoms with E-state index in [1.165, 1.54) is 17.7 Å². The van der Waals surface area contributed by atoms with Gasteiger partial charge < -0.3 is 10.6 Å². The molecule has 2 atom stereocenters. The highest BCUT2D eigenvalue weighted by Gasteiger charge is 2.12. The van der Waals surface area contributed by atoms with Gasteiger partial charge in [-0.1, -0.05) is 39.8 Å². The maximum atomic E-state index is 3.56. The van der Waals surface area contributed by atoms with Crippen LogP contribution in [-0.2, 0) is 0 Å². The number of benzene rings is 1. The summed E-state index contributed by atoms with van der Waals surface area (Å²) in [5.74, 6) is 2.01. The van der Waals surface area contributed by atoms with E-state index in [1.807, 2.05) is 7.05 Å². The van der Waals surface area contributed by atoms with Crippen LogP contribution >= 0.6 is 0 Å². The zero-order valence-corrected chi connectivity index (χ0v) is 13.2. The fourth-order valence-electron chi connectivity index (χ4n) is 2.22. The molecule has 0 heterocycles. The fourth-order valence-corrected chi connectivity index (χ4v) is 2.22. The number of anilines is 1. The number of hydrogen-bond donors (Lipinski definition) is 2. The third kappa shape index (κ3) is 5.23. The number of hydrogen-bond acceptors (Lipinski definition) is 2. The van der Waals surface area contributed by atoms with Gasteiger partial charge in [-0.15, -0.1) is 0 Å². The summed E-state index contributed by atoms with van der Waals surface area (Å²) >= 11 is 0. The molecule has 0 amide bonds. The van der Waals surface area contributed by atoms with E-state index >= 15 is 0 Å². The summed E-state index contributed by atoms with van der Waals surface area (Å²) in [6, 6.07) is 8.91. The maximum Gasteiger partial charge on any atom is 0.0340 e. The van der Waals surface area contributed by atoms with Crippen molar-refractivity contribution in [2.24, 2.45) is 11.8 Å². The van der Waals surface area contributed by atoms with Gasteiger partial charge in [0.25, 0.3) is 0 Å². The molecule has 2 heteroatoms. The minimum Gasteiger partial charge on any atom is -0.385 e. The van der Waals surface area contributed by atoms with Gasteiger partial charge in [0.05, 0.1) is 0 Å². The summed E-state index contributed by atoms with van der Waals surface area (Å²) in [5, 5.41) is 6.83. The van der Waals surface area contributed by atoms with Crippen LogP contribution < -0.4 is 10.6 Å². The molecule has 0 aliphatic rings. The van der Waals surface area contributed by atoms with Crippen molar-refractivity contribution in [2.45, 2.75) is 40.0 Å². The molecule has 0 aliphatic heterocycles. The zero-order chi connectivity index (χ0) is 14.3. The Kier molecular flexibility index (Phi) is 6.93. The van der Waals surface area contributed by atoms with Crippen molar-refractivity contribution in [3.8, 4) is 0 Å².